The van der Waals surface area contributed by atoms with Crippen LogP contribution in [0.5, 0.6) is 0 Å². The van der Waals surface area contributed by atoms with Crippen molar-refractivity contribution >= 4 is 22.9 Å². The predicted octanol–water partition coefficient (Wildman–Crippen LogP) is 1.97. The van der Waals surface area contributed by atoms with Gasteiger partial charge in [0.25, 0.3) is 0 Å². The van der Waals surface area contributed by atoms with Crippen molar-refractivity contribution < 1.29 is 4.79 Å². The van der Waals surface area contributed by atoms with Crippen LogP contribution in [-0.2, 0) is 11.2 Å². The molecular formula is C20H24N6O. The van der Waals surface area contributed by atoms with E-state index in [1.54, 1.807) is 12.5 Å². The molecule has 1 fully saturated rings. The van der Waals surface area contributed by atoms with Gasteiger partial charge in [0.2, 0.25) is 5.91 Å². The van der Waals surface area contributed by atoms with Crippen LogP contribution < -0.4 is 10.2 Å². The summed E-state index contributed by atoms with van der Waals surface area (Å²) < 4.78 is 1.92. The van der Waals surface area contributed by atoms with Crippen molar-refractivity contribution in [1.82, 2.24) is 19.3 Å². The summed E-state index contributed by atoms with van der Waals surface area (Å²) in [6.07, 6.45) is 5.77. The molecular weight excluding hydrogens is 340 g/mol. The summed E-state index contributed by atoms with van der Waals surface area (Å²) in [6, 6.07) is 7.87. The fourth-order valence-electron chi connectivity index (χ4n) is 3.35. The molecule has 0 atom stereocenters. The molecule has 0 radical (unpaired) electrons. The van der Waals surface area contributed by atoms with E-state index in [4.69, 9.17) is 4.98 Å². The van der Waals surface area contributed by atoms with E-state index in [2.05, 4.69) is 27.1 Å². The highest BCUT2D eigenvalue weighted by Crippen LogP contribution is 2.20. The predicted molar refractivity (Wildman–Crippen MR) is 106 cm³/mol. The molecule has 1 amide bonds. The molecule has 1 aliphatic rings. The number of fused-ring (bicyclic) bond motifs is 1. The van der Waals surface area contributed by atoms with Gasteiger partial charge in [-0.1, -0.05) is 0 Å². The smallest absolute Gasteiger partial charge is 0.228 e. The largest absolute Gasteiger partial charge is 0.354 e. The lowest BCUT2D eigenvalue weighted by atomic mass is 10.1. The van der Waals surface area contributed by atoms with Crippen molar-refractivity contribution in [2.75, 3.05) is 43.4 Å². The van der Waals surface area contributed by atoms with Crippen LogP contribution in [0, 0.1) is 6.92 Å². The molecule has 1 N–H and O–H groups in total. The van der Waals surface area contributed by atoms with E-state index >= 15 is 0 Å². The molecule has 4 heterocycles. The maximum atomic E-state index is 12.5. The fourth-order valence-corrected chi connectivity index (χ4v) is 3.35. The summed E-state index contributed by atoms with van der Waals surface area (Å²) in [7, 11) is 2.14. The van der Waals surface area contributed by atoms with Crippen molar-refractivity contribution in [2.45, 2.75) is 13.3 Å². The summed E-state index contributed by atoms with van der Waals surface area (Å²) in [5.41, 5.74) is 3.55. The number of amides is 1. The number of carbonyl (C=O) groups is 1. The van der Waals surface area contributed by atoms with Crippen LogP contribution in [0.1, 0.15) is 11.3 Å². The van der Waals surface area contributed by atoms with E-state index in [1.807, 2.05) is 41.8 Å². The third kappa shape index (κ3) is 3.93. The lowest BCUT2D eigenvalue weighted by molar-refractivity contribution is -0.115. The summed E-state index contributed by atoms with van der Waals surface area (Å²) in [5.74, 6) is 0.931. The van der Waals surface area contributed by atoms with Crippen LogP contribution in [0.4, 0.5) is 11.5 Å². The Morgan fingerprint density at radius 2 is 2.00 bits per heavy atom. The molecule has 0 aromatic carbocycles. The monoisotopic (exact) mass is 364 g/mol. The maximum Gasteiger partial charge on any atom is 0.228 e. The van der Waals surface area contributed by atoms with Gasteiger partial charge in [0.05, 0.1) is 35.8 Å². The summed E-state index contributed by atoms with van der Waals surface area (Å²) in [4.78, 5) is 25.9. The number of aryl methyl sites for hydroxylation is 1. The zero-order valence-electron chi connectivity index (χ0n) is 15.7. The van der Waals surface area contributed by atoms with Crippen LogP contribution in [0.25, 0.3) is 5.52 Å². The average Bonchev–Trinajstić information content (AvgIpc) is 3.12. The molecule has 3 aromatic rings. The number of likely N-dealkylation sites (N-methyl/N-ethyl adjacent to an activating group) is 1. The lowest BCUT2D eigenvalue weighted by Gasteiger charge is -2.33. The van der Waals surface area contributed by atoms with Crippen molar-refractivity contribution in [3.63, 3.8) is 0 Å². The molecule has 1 saturated heterocycles. The zero-order chi connectivity index (χ0) is 18.8. The molecule has 0 unspecified atom stereocenters. The van der Waals surface area contributed by atoms with E-state index in [1.165, 1.54) is 0 Å². The molecule has 0 aliphatic carbocycles. The number of rotatable bonds is 4. The van der Waals surface area contributed by atoms with E-state index in [0.717, 1.165) is 54.5 Å². The van der Waals surface area contributed by atoms with Gasteiger partial charge in [0.1, 0.15) is 5.82 Å². The number of hydrogen-bond acceptors (Lipinski definition) is 5. The molecule has 4 rings (SSSR count). The molecule has 0 bridgehead atoms. The Kier molecular flexibility index (Phi) is 4.77. The summed E-state index contributed by atoms with van der Waals surface area (Å²) >= 11 is 0. The normalized spacial score (nSPS) is 15.3. The molecule has 1 aliphatic heterocycles. The average molecular weight is 364 g/mol. The molecule has 0 spiro atoms. The molecule has 3 aromatic heterocycles. The minimum absolute atomic E-state index is 0.0453. The van der Waals surface area contributed by atoms with Gasteiger partial charge in [0, 0.05) is 32.4 Å². The van der Waals surface area contributed by atoms with Crippen LogP contribution in [0.3, 0.4) is 0 Å². The van der Waals surface area contributed by atoms with Crippen molar-refractivity contribution in [1.29, 1.82) is 0 Å². The number of imidazole rings is 1. The van der Waals surface area contributed by atoms with E-state index < -0.39 is 0 Å². The Hall–Kier alpha value is -2.93. The highest BCUT2D eigenvalue weighted by atomic mass is 16.1. The first-order valence-corrected chi connectivity index (χ1v) is 9.20. The number of anilines is 2. The van der Waals surface area contributed by atoms with Gasteiger partial charge in [-0.15, -0.1) is 0 Å². The van der Waals surface area contributed by atoms with E-state index in [9.17, 15) is 4.79 Å². The second-order valence-corrected chi connectivity index (χ2v) is 7.08. The first-order chi connectivity index (χ1) is 13.1. The second kappa shape index (κ2) is 7.36. The maximum absolute atomic E-state index is 12.5. The Morgan fingerprint density at radius 1 is 1.19 bits per heavy atom. The zero-order valence-corrected chi connectivity index (χ0v) is 15.7. The summed E-state index contributed by atoms with van der Waals surface area (Å²) in [6.45, 7) is 5.98. The Labute approximate surface area is 158 Å². The molecule has 7 heteroatoms. The van der Waals surface area contributed by atoms with Crippen molar-refractivity contribution in [2.24, 2.45) is 0 Å². The number of piperazine rings is 1. The lowest BCUT2D eigenvalue weighted by Crippen LogP contribution is -2.44. The Bertz CT molecular complexity index is 958. The molecule has 7 nitrogen and oxygen atoms in total. The SMILES string of the molecule is Cc1nc(N2CCN(C)CC2)ccc1NC(=O)Cc1ccn2cncc2c1. The van der Waals surface area contributed by atoms with Gasteiger partial charge in [-0.05, 0) is 43.8 Å². The minimum atomic E-state index is -0.0453. The van der Waals surface area contributed by atoms with Crippen molar-refractivity contribution in [3.05, 3.63) is 54.2 Å². The highest BCUT2D eigenvalue weighted by Gasteiger charge is 2.16. The van der Waals surface area contributed by atoms with Crippen LogP contribution in [0.15, 0.2) is 43.0 Å². The molecule has 140 valence electrons. The second-order valence-electron chi connectivity index (χ2n) is 7.08. The quantitative estimate of drug-likeness (QED) is 0.767. The van der Waals surface area contributed by atoms with Crippen LogP contribution in [-0.4, -0.2) is 58.4 Å². The number of carbonyl (C=O) groups excluding carboxylic acids is 1. The number of nitrogens with zero attached hydrogens (tertiary/aromatic N) is 5. The number of pyridine rings is 2. The first-order valence-electron chi connectivity index (χ1n) is 9.20. The van der Waals surface area contributed by atoms with Gasteiger partial charge in [-0.25, -0.2) is 9.97 Å². The number of nitrogens with one attached hydrogen (secondary N) is 1. The standard InChI is InChI=1S/C20H24N6O/c1-15-18(3-4-19(22-15)25-9-7-24(2)8-10-25)23-20(27)12-16-5-6-26-14-21-13-17(26)11-16/h3-6,11,13-14H,7-10,12H2,1-2H3,(H,23,27). The number of aromatic nitrogens is 3. The first kappa shape index (κ1) is 17.5. The van der Waals surface area contributed by atoms with Crippen LogP contribution >= 0.6 is 0 Å². The van der Waals surface area contributed by atoms with Crippen molar-refractivity contribution in [3.8, 4) is 0 Å². The topological polar surface area (TPSA) is 65.8 Å². The van der Waals surface area contributed by atoms with E-state index in [0.29, 0.717) is 6.42 Å². The Balaban J connectivity index is 1.41. The highest BCUT2D eigenvalue weighted by molar-refractivity contribution is 5.93. The third-order valence-electron chi connectivity index (χ3n) is 5.02. The Morgan fingerprint density at radius 3 is 2.78 bits per heavy atom. The summed E-state index contributed by atoms with van der Waals surface area (Å²) in [5, 5.41) is 2.99. The molecule has 27 heavy (non-hydrogen) atoms. The fraction of sp³-hybridized carbons (Fsp3) is 0.350. The number of hydrogen-bond donors (Lipinski definition) is 1. The van der Waals surface area contributed by atoms with Gasteiger partial charge in [0.15, 0.2) is 0 Å². The van der Waals surface area contributed by atoms with Crippen LogP contribution in [0.2, 0.25) is 0 Å². The van der Waals surface area contributed by atoms with Gasteiger partial charge >= 0.3 is 0 Å². The third-order valence-corrected chi connectivity index (χ3v) is 5.02. The molecule has 0 saturated carbocycles. The van der Waals surface area contributed by atoms with Gasteiger partial charge in [-0.2, -0.15) is 0 Å². The van der Waals surface area contributed by atoms with Gasteiger partial charge in [-0.3, -0.25) is 4.79 Å². The minimum Gasteiger partial charge on any atom is -0.354 e. The van der Waals surface area contributed by atoms with Gasteiger partial charge < -0.3 is 19.5 Å². The van der Waals surface area contributed by atoms with E-state index in [-0.39, 0.29) is 5.91 Å².